The maximum atomic E-state index is 13.1. The number of nitrogens with zero attached hydrogens (tertiary/aromatic N) is 6. The Labute approximate surface area is 203 Å². The fraction of sp³-hybridized carbons (Fsp3) is 0.269. The highest BCUT2D eigenvalue weighted by molar-refractivity contribution is 6.05. The van der Waals surface area contributed by atoms with E-state index in [1.807, 2.05) is 36.6 Å². The third kappa shape index (κ3) is 4.57. The summed E-state index contributed by atoms with van der Waals surface area (Å²) in [5, 5.41) is 3.20. The maximum Gasteiger partial charge on any atom is 0.262 e. The van der Waals surface area contributed by atoms with Gasteiger partial charge in [-0.15, -0.1) is 0 Å². The van der Waals surface area contributed by atoms with Crippen molar-refractivity contribution in [1.29, 1.82) is 0 Å². The van der Waals surface area contributed by atoms with Gasteiger partial charge in [-0.05, 0) is 38.1 Å². The molecule has 35 heavy (non-hydrogen) atoms. The minimum atomic E-state index is -0.502. The summed E-state index contributed by atoms with van der Waals surface area (Å²) in [4.78, 5) is 43.7. The molecule has 0 aliphatic carbocycles. The summed E-state index contributed by atoms with van der Waals surface area (Å²) in [6, 6.07) is 15.6. The van der Waals surface area contributed by atoms with E-state index >= 15 is 0 Å². The van der Waals surface area contributed by atoms with Gasteiger partial charge in [0.05, 0.1) is 5.39 Å². The summed E-state index contributed by atoms with van der Waals surface area (Å²) < 4.78 is 1.82. The fourth-order valence-electron chi connectivity index (χ4n) is 4.37. The quantitative estimate of drug-likeness (QED) is 0.480. The predicted molar refractivity (Wildman–Crippen MR) is 137 cm³/mol. The third-order valence-corrected chi connectivity index (χ3v) is 6.27. The Balaban J connectivity index is 1.33. The molecule has 4 heterocycles. The zero-order valence-corrected chi connectivity index (χ0v) is 19.8. The van der Waals surface area contributed by atoms with Gasteiger partial charge < -0.3 is 19.7 Å². The number of fused-ring (bicyclic) bond motifs is 1. The molecule has 1 aliphatic heterocycles. The minimum Gasteiger partial charge on any atom is -0.368 e. The van der Waals surface area contributed by atoms with Crippen LogP contribution < -0.4 is 20.5 Å². The lowest BCUT2D eigenvalue weighted by Gasteiger charge is -2.36. The largest absolute Gasteiger partial charge is 0.368 e. The second kappa shape index (κ2) is 9.54. The van der Waals surface area contributed by atoms with Crippen LogP contribution in [0.1, 0.15) is 23.0 Å². The monoisotopic (exact) mass is 469 g/mol. The fourth-order valence-corrected chi connectivity index (χ4v) is 4.37. The first-order chi connectivity index (χ1) is 17.0. The molecule has 0 unspecified atom stereocenters. The van der Waals surface area contributed by atoms with Gasteiger partial charge in [-0.25, -0.2) is 15.0 Å². The Kier molecular flexibility index (Phi) is 6.13. The third-order valence-electron chi connectivity index (χ3n) is 6.27. The van der Waals surface area contributed by atoms with Crippen LogP contribution in [0.25, 0.3) is 11.0 Å². The second-order valence-corrected chi connectivity index (χ2v) is 8.51. The van der Waals surface area contributed by atoms with Crippen molar-refractivity contribution in [1.82, 2.24) is 19.5 Å². The molecular formula is C26H27N7O2. The molecule has 9 nitrogen and oxygen atoms in total. The Morgan fingerprint density at radius 1 is 1.00 bits per heavy atom. The van der Waals surface area contributed by atoms with Crippen LogP contribution in [0.4, 0.5) is 17.3 Å². The molecule has 0 saturated carbocycles. The molecule has 0 radical (unpaired) electrons. The number of anilines is 3. The molecule has 1 saturated heterocycles. The molecule has 0 bridgehead atoms. The molecule has 1 N–H and O–H groups in total. The van der Waals surface area contributed by atoms with Crippen LogP contribution in [0.2, 0.25) is 0 Å². The van der Waals surface area contributed by atoms with Crippen LogP contribution in [0, 0.1) is 6.92 Å². The second-order valence-electron chi connectivity index (χ2n) is 8.51. The molecular weight excluding hydrogens is 442 g/mol. The van der Waals surface area contributed by atoms with Crippen LogP contribution in [0.3, 0.4) is 0 Å². The number of hydrogen-bond donors (Lipinski definition) is 1. The van der Waals surface area contributed by atoms with Gasteiger partial charge in [-0.2, -0.15) is 0 Å². The van der Waals surface area contributed by atoms with Gasteiger partial charge >= 0.3 is 0 Å². The predicted octanol–water partition coefficient (Wildman–Crippen LogP) is 3.09. The molecule has 1 amide bonds. The molecule has 1 aromatic carbocycles. The zero-order chi connectivity index (χ0) is 24.4. The number of carbonyl (C=O) groups is 1. The minimum absolute atomic E-state index is 0.0571. The van der Waals surface area contributed by atoms with Crippen molar-refractivity contribution >= 4 is 34.3 Å². The average molecular weight is 470 g/mol. The molecule has 9 heteroatoms. The molecule has 0 atom stereocenters. The topological polar surface area (TPSA) is 96.3 Å². The van der Waals surface area contributed by atoms with Gasteiger partial charge in [-0.1, -0.05) is 18.2 Å². The van der Waals surface area contributed by atoms with Gasteiger partial charge in [0, 0.05) is 56.4 Å². The van der Waals surface area contributed by atoms with E-state index in [4.69, 9.17) is 0 Å². The number of aromatic nitrogens is 4. The number of para-hydroxylation sites is 1. The van der Waals surface area contributed by atoms with Crippen molar-refractivity contribution < 1.29 is 4.79 Å². The van der Waals surface area contributed by atoms with Gasteiger partial charge in [0.25, 0.3) is 5.91 Å². The zero-order valence-electron chi connectivity index (χ0n) is 19.8. The summed E-state index contributed by atoms with van der Waals surface area (Å²) in [5.41, 5.74) is 2.31. The van der Waals surface area contributed by atoms with Crippen LogP contribution in [0.5, 0.6) is 0 Å². The van der Waals surface area contributed by atoms with Gasteiger partial charge in [-0.3, -0.25) is 9.59 Å². The van der Waals surface area contributed by atoms with E-state index in [0.717, 1.165) is 37.7 Å². The number of benzene rings is 1. The van der Waals surface area contributed by atoms with E-state index < -0.39 is 5.91 Å². The van der Waals surface area contributed by atoms with Crippen LogP contribution >= 0.6 is 0 Å². The Morgan fingerprint density at radius 3 is 2.49 bits per heavy atom. The highest BCUT2D eigenvalue weighted by Gasteiger charge is 2.20. The SMILES string of the molecule is CCn1cc(C(=O)Nc2cc(N3CCN(c4ccccc4)CC3)ncn2)c(=O)c2ccc(C)nc21. The summed E-state index contributed by atoms with van der Waals surface area (Å²) >= 11 is 0. The Morgan fingerprint density at radius 2 is 1.74 bits per heavy atom. The van der Waals surface area contributed by atoms with E-state index in [9.17, 15) is 9.59 Å². The van der Waals surface area contributed by atoms with E-state index in [1.54, 1.807) is 24.4 Å². The summed E-state index contributed by atoms with van der Waals surface area (Å²) in [6.07, 6.45) is 3.00. The number of nitrogens with one attached hydrogen (secondary N) is 1. The number of piperazine rings is 1. The summed E-state index contributed by atoms with van der Waals surface area (Å²) in [7, 11) is 0. The van der Waals surface area contributed by atoms with E-state index in [0.29, 0.717) is 23.4 Å². The first-order valence-corrected chi connectivity index (χ1v) is 11.7. The summed E-state index contributed by atoms with van der Waals surface area (Å²) in [5.74, 6) is 0.598. The van der Waals surface area contributed by atoms with Crippen LogP contribution in [-0.4, -0.2) is 51.6 Å². The molecule has 1 aliphatic rings. The maximum absolute atomic E-state index is 13.1. The molecule has 5 rings (SSSR count). The van der Waals surface area contributed by atoms with Gasteiger partial charge in [0.1, 0.15) is 29.2 Å². The van der Waals surface area contributed by atoms with Crippen molar-refractivity contribution in [2.75, 3.05) is 41.3 Å². The van der Waals surface area contributed by atoms with Gasteiger partial charge in [0.2, 0.25) is 5.43 Å². The van der Waals surface area contributed by atoms with Crippen molar-refractivity contribution in [3.63, 3.8) is 0 Å². The molecule has 0 spiro atoms. The molecule has 1 fully saturated rings. The van der Waals surface area contributed by atoms with E-state index in [2.05, 4.69) is 42.2 Å². The molecule has 178 valence electrons. The number of hydrogen-bond acceptors (Lipinski definition) is 7. The Bertz CT molecular complexity index is 1430. The average Bonchev–Trinajstić information content (AvgIpc) is 2.89. The number of rotatable bonds is 5. The normalized spacial score (nSPS) is 13.8. The van der Waals surface area contributed by atoms with Crippen molar-refractivity contribution in [3.8, 4) is 0 Å². The number of carbonyl (C=O) groups excluding carboxylic acids is 1. The van der Waals surface area contributed by atoms with Gasteiger partial charge in [0.15, 0.2) is 0 Å². The number of amides is 1. The summed E-state index contributed by atoms with van der Waals surface area (Å²) in [6.45, 7) is 7.76. The molecule has 4 aromatic rings. The first kappa shape index (κ1) is 22.5. The lowest BCUT2D eigenvalue weighted by Crippen LogP contribution is -2.46. The molecule has 3 aromatic heterocycles. The van der Waals surface area contributed by atoms with Crippen LogP contribution in [0.15, 0.2) is 65.8 Å². The first-order valence-electron chi connectivity index (χ1n) is 11.7. The highest BCUT2D eigenvalue weighted by Crippen LogP contribution is 2.20. The standard InChI is InChI=1S/C26H27N7O2/c1-3-31-16-21(24(34)20-10-9-18(2)29-25(20)31)26(35)30-22-15-23(28-17-27-22)33-13-11-32(12-14-33)19-7-5-4-6-8-19/h4-10,15-17H,3,11-14H2,1-2H3,(H,27,28,30,35). The van der Waals surface area contributed by atoms with E-state index in [1.165, 1.54) is 12.0 Å². The smallest absolute Gasteiger partial charge is 0.262 e. The van der Waals surface area contributed by atoms with Crippen molar-refractivity contribution in [2.45, 2.75) is 20.4 Å². The number of aryl methyl sites for hydroxylation is 2. The number of pyridine rings is 2. The Hall–Kier alpha value is -4.27. The van der Waals surface area contributed by atoms with Crippen molar-refractivity contribution in [2.24, 2.45) is 0 Å². The lowest BCUT2D eigenvalue weighted by atomic mass is 10.1. The van der Waals surface area contributed by atoms with Crippen LogP contribution in [-0.2, 0) is 6.54 Å². The van der Waals surface area contributed by atoms with E-state index in [-0.39, 0.29) is 11.0 Å². The van der Waals surface area contributed by atoms with Crippen molar-refractivity contribution in [3.05, 3.63) is 82.5 Å². The highest BCUT2D eigenvalue weighted by atomic mass is 16.2. The lowest BCUT2D eigenvalue weighted by molar-refractivity contribution is 0.102.